The molecule has 6 heteroatoms. The average Bonchev–Trinajstić information content (AvgIpc) is 3.12. The highest BCUT2D eigenvalue weighted by molar-refractivity contribution is 8.02. The van der Waals surface area contributed by atoms with Crippen LogP contribution in [0.5, 0.6) is 0 Å². The Bertz CT molecular complexity index is 752. The fourth-order valence-corrected chi connectivity index (χ4v) is 4.21. The SMILES string of the molecule is Cc1cccc(-c2sc(C)nc2C(=O)N2CSC=C2CN)c1. The van der Waals surface area contributed by atoms with E-state index in [2.05, 4.69) is 11.1 Å². The van der Waals surface area contributed by atoms with Crippen LogP contribution in [0.1, 0.15) is 21.1 Å². The topological polar surface area (TPSA) is 59.2 Å². The molecule has 22 heavy (non-hydrogen) atoms. The van der Waals surface area contributed by atoms with Gasteiger partial charge in [-0.05, 0) is 24.8 Å². The van der Waals surface area contributed by atoms with Gasteiger partial charge in [-0.3, -0.25) is 9.69 Å². The summed E-state index contributed by atoms with van der Waals surface area (Å²) < 4.78 is 0. The second-order valence-corrected chi connectivity index (χ2v) is 7.15. The number of hydrogen-bond donors (Lipinski definition) is 1. The predicted molar refractivity (Wildman–Crippen MR) is 92.8 cm³/mol. The maximum absolute atomic E-state index is 12.9. The number of amides is 1. The van der Waals surface area contributed by atoms with Crippen molar-refractivity contribution in [2.24, 2.45) is 5.73 Å². The van der Waals surface area contributed by atoms with Crippen LogP contribution in [0.4, 0.5) is 0 Å². The molecule has 1 aliphatic heterocycles. The van der Waals surface area contributed by atoms with Crippen LogP contribution in [0.25, 0.3) is 10.4 Å². The van der Waals surface area contributed by atoms with E-state index in [1.165, 1.54) is 5.56 Å². The molecule has 0 atom stereocenters. The van der Waals surface area contributed by atoms with Gasteiger partial charge in [0.2, 0.25) is 0 Å². The van der Waals surface area contributed by atoms with Crippen molar-refractivity contribution in [2.75, 3.05) is 12.4 Å². The van der Waals surface area contributed by atoms with Crippen LogP contribution in [0, 0.1) is 13.8 Å². The second kappa shape index (κ2) is 6.24. The normalized spacial score (nSPS) is 14.3. The zero-order chi connectivity index (χ0) is 15.7. The van der Waals surface area contributed by atoms with Crippen molar-refractivity contribution in [3.05, 3.63) is 51.6 Å². The fourth-order valence-electron chi connectivity index (χ4n) is 2.38. The predicted octanol–water partition coefficient (Wildman–Crippen LogP) is 3.37. The zero-order valence-electron chi connectivity index (χ0n) is 12.5. The van der Waals surface area contributed by atoms with Gasteiger partial charge in [-0.25, -0.2) is 4.98 Å². The summed E-state index contributed by atoms with van der Waals surface area (Å²) in [7, 11) is 0. The number of nitrogens with two attached hydrogens (primary N) is 1. The molecule has 0 fully saturated rings. The van der Waals surface area contributed by atoms with Crippen molar-refractivity contribution in [1.29, 1.82) is 0 Å². The van der Waals surface area contributed by atoms with E-state index in [1.807, 2.05) is 37.5 Å². The molecular formula is C16H17N3OS2. The van der Waals surface area contributed by atoms with Crippen molar-refractivity contribution in [3.63, 3.8) is 0 Å². The van der Waals surface area contributed by atoms with Gasteiger partial charge in [0.05, 0.1) is 15.8 Å². The highest BCUT2D eigenvalue weighted by Crippen LogP contribution is 2.33. The van der Waals surface area contributed by atoms with Crippen LogP contribution in [0.15, 0.2) is 35.4 Å². The van der Waals surface area contributed by atoms with Crippen LogP contribution in [-0.2, 0) is 0 Å². The highest BCUT2D eigenvalue weighted by atomic mass is 32.2. The average molecular weight is 331 g/mol. The number of aromatic nitrogens is 1. The third-order valence-corrected chi connectivity index (χ3v) is 5.31. The Balaban J connectivity index is 2.01. The molecule has 1 aliphatic rings. The van der Waals surface area contributed by atoms with Gasteiger partial charge in [0.25, 0.3) is 5.91 Å². The van der Waals surface area contributed by atoms with E-state index in [-0.39, 0.29) is 5.91 Å². The molecule has 0 saturated heterocycles. The quantitative estimate of drug-likeness (QED) is 0.937. The summed E-state index contributed by atoms with van der Waals surface area (Å²) in [4.78, 5) is 20.0. The number of aryl methyl sites for hydroxylation is 2. The number of carbonyl (C=O) groups is 1. The van der Waals surface area contributed by atoms with Gasteiger partial charge >= 0.3 is 0 Å². The fraction of sp³-hybridized carbons (Fsp3) is 0.250. The first-order valence-corrected chi connectivity index (χ1v) is 8.83. The molecule has 1 aromatic carbocycles. The summed E-state index contributed by atoms with van der Waals surface area (Å²) in [5.41, 5.74) is 9.31. The Morgan fingerprint density at radius 3 is 2.95 bits per heavy atom. The Labute approximate surface area is 138 Å². The standard InChI is InChI=1S/C16H17N3OS2/c1-10-4-3-5-12(6-10)15-14(18-11(2)22-15)16(20)19-9-21-8-13(19)7-17/h3-6,8H,7,9,17H2,1-2H3. The molecule has 0 saturated carbocycles. The summed E-state index contributed by atoms with van der Waals surface area (Å²) in [6, 6.07) is 8.16. The molecule has 1 amide bonds. The van der Waals surface area contributed by atoms with Crippen molar-refractivity contribution in [3.8, 4) is 10.4 Å². The monoisotopic (exact) mass is 331 g/mol. The van der Waals surface area contributed by atoms with Gasteiger partial charge in [0, 0.05) is 12.2 Å². The molecule has 0 unspecified atom stereocenters. The molecule has 0 bridgehead atoms. The first kappa shape index (κ1) is 15.3. The van der Waals surface area contributed by atoms with Gasteiger partial charge < -0.3 is 5.73 Å². The number of rotatable bonds is 3. The lowest BCUT2D eigenvalue weighted by atomic mass is 10.1. The molecule has 0 radical (unpaired) electrons. The second-order valence-electron chi connectivity index (χ2n) is 5.12. The molecule has 2 heterocycles. The Kier molecular flexibility index (Phi) is 4.33. The molecular weight excluding hydrogens is 314 g/mol. The first-order valence-electron chi connectivity index (χ1n) is 6.97. The first-order chi connectivity index (χ1) is 10.6. The Morgan fingerprint density at radius 1 is 1.41 bits per heavy atom. The number of thiazole rings is 1. The minimum Gasteiger partial charge on any atom is -0.325 e. The molecule has 0 spiro atoms. The van der Waals surface area contributed by atoms with Gasteiger partial charge in [-0.1, -0.05) is 29.8 Å². The maximum atomic E-state index is 12.9. The van der Waals surface area contributed by atoms with E-state index in [0.717, 1.165) is 21.1 Å². The molecule has 114 valence electrons. The van der Waals surface area contributed by atoms with Crippen LogP contribution in [0.3, 0.4) is 0 Å². The van der Waals surface area contributed by atoms with E-state index in [9.17, 15) is 4.79 Å². The summed E-state index contributed by atoms with van der Waals surface area (Å²) in [6.45, 7) is 4.34. The highest BCUT2D eigenvalue weighted by Gasteiger charge is 2.27. The molecule has 2 aromatic rings. The lowest BCUT2D eigenvalue weighted by Crippen LogP contribution is -2.31. The summed E-state index contributed by atoms with van der Waals surface area (Å²) in [5.74, 6) is 0.539. The minimum atomic E-state index is -0.0671. The summed E-state index contributed by atoms with van der Waals surface area (Å²) in [6.07, 6.45) is 0. The summed E-state index contributed by atoms with van der Waals surface area (Å²) >= 11 is 3.14. The van der Waals surface area contributed by atoms with Crippen molar-refractivity contribution in [2.45, 2.75) is 13.8 Å². The summed E-state index contributed by atoms with van der Waals surface area (Å²) in [5, 5.41) is 2.84. The van der Waals surface area contributed by atoms with Crippen molar-refractivity contribution < 1.29 is 4.79 Å². The third-order valence-electron chi connectivity index (χ3n) is 3.44. The lowest BCUT2D eigenvalue weighted by Gasteiger charge is -2.18. The number of thioether (sulfide) groups is 1. The van der Waals surface area contributed by atoms with Gasteiger partial charge in [-0.15, -0.1) is 23.1 Å². The largest absolute Gasteiger partial charge is 0.325 e. The van der Waals surface area contributed by atoms with Crippen LogP contribution < -0.4 is 5.73 Å². The van der Waals surface area contributed by atoms with Crippen LogP contribution >= 0.6 is 23.1 Å². The number of benzene rings is 1. The minimum absolute atomic E-state index is 0.0671. The van der Waals surface area contributed by atoms with Crippen molar-refractivity contribution in [1.82, 2.24) is 9.88 Å². The molecule has 1 aromatic heterocycles. The van der Waals surface area contributed by atoms with E-state index >= 15 is 0 Å². The van der Waals surface area contributed by atoms with E-state index in [1.54, 1.807) is 28.0 Å². The van der Waals surface area contributed by atoms with Crippen LogP contribution in [0.2, 0.25) is 0 Å². The molecule has 0 aliphatic carbocycles. The van der Waals surface area contributed by atoms with Gasteiger partial charge in [-0.2, -0.15) is 0 Å². The van der Waals surface area contributed by atoms with E-state index < -0.39 is 0 Å². The van der Waals surface area contributed by atoms with Crippen LogP contribution in [-0.4, -0.2) is 28.2 Å². The number of nitrogens with zero attached hydrogens (tertiary/aromatic N) is 2. The van der Waals surface area contributed by atoms with E-state index in [4.69, 9.17) is 5.73 Å². The lowest BCUT2D eigenvalue weighted by molar-refractivity contribution is 0.0827. The van der Waals surface area contributed by atoms with Gasteiger partial charge in [0.1, 0.15) is 5.69 Å². The third kappa shape index (κ3) is 2.82. The molecule has 2 N–H and O–H groups in total. The number of hydrogen-bond acceptors (Lipinski definition) is 5. The zero-order valence-corrected chi connectivity index (χ0v) is 14.1. The van der Waals surface area contributed by atoms with Gasteiger partial charge in [0.15, 0.2) is 0 Å². The Hall–Kier alpha value is -1.63. The van der Waals surface area contributed by atoms with E-state index in [0.29, 0.717) is 18.1 Å². The smallest absolute Gasteiger partial charge is 0.278 e. The maximum Gasteiger partial charge on any atom is 0.278 e. The van der Waals surface area contributed by atoms with Crippen molar-refractivity contribution >= 4 is 29.0 Å². The number of carbonyl (C=O) groups excluding carboxylic acids is 1. The molecule has 4 nitrogen and oxygen atoms in total. The molecule has 3 rings (SSSR count). The Morgan fingerprint density at radius 2 is 2.23 bits per heavy atom.